The minimum Gasteiger partial charge on any atom is -0.392 e. The van der Waals surface area contributed by atoms with E-state index in [-0.39, 0.29) is 12.5 Å². The van der Waals surface area contributed by atoms with Crippen molar-refractivity contribution in [1.29, 1.82) is 0 Å². The molecule has 5 nitrogen and oxygen atoms in total. The number of nitrogens with one attached hydrogen (secondary N) is 1. The second-order valence-electron chi connectivity index (χ2n) is 5.91. The molecule has 0 unspecified atom stereocenters. The Bertz CT molecular complexity index is 724. The van der Waals surface area contributed by atoms with Crippen molar-refractivity contribution in [3.05, 3.63) is 59.2 Å². The number of benzene rings is 2. The number of carbonyl (C=O) groups excluding carboxylic acids is 1. The second-order valence-corrected chi connectivity index (χ2v) is 5.91. The van der Waals surface area contributed by atoms with Gasteiger partial charge < -0.3 is 20.1 Å². The summed E-state index contributed by atoms with van der Waals surface area (Å²) in [5, 5.41) is 12.1. The van der Waals surface area contributed by atoms with Crippen LogP contribution in [0, 0.1) is 6.92 Å². The molecule has 0 saturated carbocycles. The highest BCUT2D eigenvalue weighted by molar-refractivity contribution is 6.04. The summed E-state index contributed by atoms with van der Waals surface area (Å²) in [6.45, 7) is 5.19. The van der Waals surface area contributed by atoms with Crippen LogP contribution in [0.15, 0.2) is 42.5 Å². The van der Waals surface area contributed by atoms with Crippen molar-refractivity contribution < 1.29 is 14.6 Å². The van der Waals surface area contributed by atoms with E-state index in [0.29, 0.717) is 5.56 Å². The second kappa shape index (κ2) is 7.47. The molecule has 0 bridgehead atoms. The van der Waals surface area contributed by atoms with Crippen molar-refractivity contribution >= 4 is 17.3 Å². The van der Waals surface area contributed by atoms with E-state index in [4.69, 9.17) is 4.74 Å². The van der Waals surface area contributed by atoms with E-state index < -0.39 is 0 Å². The first-order chi connectivity index (χ1) is 11.7. The third kappa shape index (κ3) is 3.75. The molecule has 1 fully saturated rings. The Morgan fingerprint density at radius 1 is 1.21 bits per heavy atom. The molecule has 3 rings (SSSR count). The minimum atomic E-state index is -0.174. The number of aliphatic hydroxyl groups excluding tert-OH is 1. The van der Waals surface area contributed by atoms with Crippen LogP contribution >= 0.6 is 0 Å². The number of rotatable bonds is 4. The van der Waals surface area contributed by atoms with Gasteiger partial charge in [0, 0.05) is 30.0 Å². The number of hydrogen-bond donors (Lipinski definition) is 2. The molecule has 2 aromatic carbocycles. The standard InChI is InChI=1S/C19H22N2O3/c1-14-11-17(21-7-9-24-10-8-21)5-6-18(14)20-19(23)16-4-2-3-15(12-16)13-22/h2-6,11-12,22H,7-10,13H2,1H3,(H,20,23). The van der Waals surface area contributed by atoms with Gasteiger partial charge >= 0.3 is 0 Å². The Balaban J connectivity index is 1.73. The lowest BCUT2D eigenvalue weighted by molar-refractivity contribution is 0.102. The lowest BCUT2D eigenvalue weighted by Crippen LogP contribution is -2.36. The molecule has 1 aliphatic rings. The molecule has 24 heavy (non-hydrogen) atoms. The Morgan fingerprint density at radius 2 is 2.00 bits per heavy atom. The number of carbonyl (C=O) groups is 1. The van der Waals surface area contributed by atoms with Crippen molar-refractivity contribution in [3.8, 4) is 0 Å². The minimum absolute atomic E-state index is 0.0750. The topological polar surface area (TPSA) is 61.8 Å². The van der Waals surface area contributed by atoms with Crippen molar-refractivity contribution in [2.45, 2.75) is 13.5 Å². The molecular weight excluding hydrogens is 304 g/mol. The lowest BCUT2D eigenvalue weighted by Gasteiger charge is -2.29. The van der Waals surface area contributed by atoms with Gasteiger partial charge in [-0.2, -0.15) is 0 Å². The molecule has 1 aliphatic heterocycles. The van der Waals surface area contributed by atoms with Gasteiger partial charge in [0.05, 0.1) is 19.8 Å². The lowest BCUT2D eigenvalue weighted by atomic mass is 10.1. The van der Waals surface area contributed by atoms with Crippen LogP contribution < -0.4 is 10.2 Å². The van der Waals surface area contributed by atoms with Gasteiger partial charge in [0.2, 0.25) is 0 Å². The molecule has 1 amide bonds. The molecular formula is C19H22N2O3. The number of aryl methyl sites for hydroxylation is 1. The first-order valence-corrected chi connectivity index (χ1v) is 8.12. The van der Waals surface area contributed by atoms with Gasteiger partial charge in [-0.3, -0.25) is 4.79 Å². The van der Waals surface area contributed by atoms with Gasteiger partial charge in [-0.15, -0.1) is 0 Å². The number of hydrogen-bond acceptors (Lipinski definition) is 4. The van der Waals surface area contributed by atoms with Crippen LogP contribution in [0.3, 0.4) is 0 Å². The molecule has 5 heteroatoms. The normalized spacial score (nSPS) is 14.5. The quantitative estimate of drug-likeness (QED) is 0.906. The summed E-state index contributed by atoms with van der Waals surface area (Å²) in [7, 11) is 0. The smallest absolute Gasteiger partial charge is 0.255 e. The zero-order valence-electron chi connectivity index (χ0n) is 13.8. The van der Waals surface area contributed by atoms with Crippen LogP contribution in [0.25, 0.3) is 0 Å². The zero-order valence-corrected chi connectivity index (χ0v) is 13.8. The fraction of sp³-hybridized carbons (Fsp3) is 0.316. The summed E-state index contributed by atoms with van der Waals surface area (Å²) < 4.78 is 5.38. The molecule has 0 radical (unpaired) electrons. The van der Waals surface area contributed by atoms with Gasteiger partial charge in [-0.25, -0.2) is 0 Å². The SMILES string of the molecule is Cc1cc(N2CCOCC2)ccc1NC(=O)c1cccc(CO)c1. The first kappa shape index (κ1) is 16.5. The molecule has 1 heterocycles. The molecule has 126 valence electrons. The number of aliphatic hydroxyl groups is 1. The molecule has 0 spiro atoms. The largest absolute Gasteiger partial charge is 0.392 e. The van der Waals surface area contributed by atoms with Crippen LogP contribution in [0.4, 0.5) is 11.4 Å². The molecule has 2 aromatic rings. The number of anilines is 2. The van der Waals surface area contributed by atoms with Crippen molar-refractivity contribution in [1.82, 2.24) is 0 Å². The highest BCUT2D eigenvalue weighted by atomic mass is 16.5. The maximum absolute atomic E-state index is 12.4. The maximum atomic E-state index is 12.4. The Hall–Kier alpha value is -2.37. The number of amides is 1. The monoisotopic (exact) mass is 326 g/mol. The maximum Gasteiger partial charge on any atom is 0.255 e. The number of nitrogens with zero attached hydrogens (tertiary/aromatic N) is 1. The zero-order chi connectivity index (χ0) is 16.9. The van der Waals surface area contributed by atoms with E-state index in [1.54, 1.807) is 24.3 Å². The van der Waals surface area contributed by atoms with Crippen LogP contribution in [0.5, 0.6) is 0 Å². The first-order valence-electron chi connectivity index (χ1n) is 8.12. The molecule has 0 atom stereocenters. The van der Waals surface area contributed by atoms with Crippen LogP contribution in [0.2, 0.25) is 0 Å². The van der Waals surface area contributed by atoms with Gasteiger partial charge in [0.15, 0.2) is 0 Å². The van der Waals surface area contributed by atoms with Crippen LogP contribution in [-0.2, 0) is 11.3 Å². The highest BCUT2D eigenvalue weighted by Crippen LogP contribution is 2.24. The Labute approximate surface area is 141 Å². The van der Waals surface area contributed by atoms with Gasteiger partial charge in [-0.05, 0) is 48.4 Å². The summed E-state index contributed by atoms with van der Waals surface area (Å²) >= 11 is 0. The average molecular weight is 326 g/mol. The molecule has 1 saturated heterocycles. The Kier molecular flexibility index (Phi) is 5.13. The summed E-state index contributed by atoms with van der Waals surface area (Å²) in [4.78, 5) is 14.7. The fourth-order valence-corrected chi connectivity index (χ4v) is 2.81. The summed E-state index contributed by atoms with van der Waals surface area (Å²) in [6, 6.07) is 13.1. The van der Waals surface area contributed by atoms with Gasteiger partial charge in [0.1, 0.15) is 0 Å². The van der Waals surface area contributed by atoms with Crippen molar-refractivity contribution in [3.63, 3.8) is 0 Å². The van der Waals surface area contributed by atoms with Crippen LogP contribution in [0.1, 0.15) is 21.5 Å². The average Bonchev–Trinajstić information content (AvgIpc) is 2.64. The third-order valence-corrected chi connectivity index (χ3v) is 4.21. The van der Waals surface area contributed by atoms with Crippen molar-refractivity contribution in [2.75, 3.05) is 36.5 Å². The summed E-state index contributed by atoms with van der Waals surface area (Å²) in [5.41, 5.74) is 4.23. The van der Waals surface area contributed by atoms with E-state index in [0.717, 1.165) is 48.8 Å². The summed E-state index contributed by atoms with van der Waals surface area (Å²) in [6.07, 6.45) is 0. The third-order valence-electron chi connectivity index (χ3n) is 4.21. The van der Waals surface area contributed by atoms with E-state index in [1.165, 1.54) is 0 Å². The van der Waals surface area contributed by atoms with E-state index in [2.05, 4.69) is 16.3 Å². The predicted octanol–water partition coefficient (Wildman–Crippen LogP) is 2.58. The van der Waals surface area contributed by atoms with Crippen LogP contribution in [-0.4, -0.2) is 37.3 Å². The van der Waals surface area contributed by atoms with E-state index >= 15 is 0 Å². The number of ether oxygens (including phenoxy) is 1. The fourth-order valence-electron chi connectivity index (χ4n) is 2.81. The Morgan fingerprint density at radius 3 is 2.71 bits per heavy atom. The molecule has 0 aromatic heterocycles. The highest BCUT2D eigenvalue weighted by Gasteiger charge is 2.13. The molecule has 2 N–H and O–H groups in total. The predicted molar refractivity (Wildman–Crippen MR) is 94.5 cm³/mol. The van der Waals surface area contributed by atoms with E-state index in [1.807, 2.05) is 19.1 Å². The van der Waals surface area contributed by atoms with Gasteiger partial charge in [0.25, 0.3) is 5.91 Å². The van der Waals surface area contributed by atoms with Gasteiger partial charge in [-0.1, -0.05) is 12.1 Å². The molecule has 0 aliphatic carbocycles. The van der Waals surface area contributed by atoms with E-state index in [9.17, 15) is 9.90 Å². The number of morpholine rings is 1. The summed E-state index contributed by atoms with van der Waals surface area (Å²) in [5.74, 6) is -0.174. The van der Waals surface area contributed by atoms with Crippen molar-refractivity contribution in [2.24, 2.45) is 0 Å².